The molecule has 0 bridgehead atoms. The van der Waals surface area contributed by atoms with Gasteiger partial charge in [-0.25, -0.2) is 0 Å². The van der Waals surface area contributed by atoms with Crippen LogP contribution in [0.15, 0.2) is 45.8 Å². The summed E-state index contributed by atoms with van der Waals surface area (Å²) in [6.45, 7) is 6.11. The fraction of sp³-hybridized carbons (Fsp3) is 0.235. The SMILES string of the molecule is Cc1ccc(SCC(=O)Nc2ccc(Br)c(C)c2C)cc1. The number of carbonyl (C=O) groups excluding carboxylic acids is 1. The van der Waals surface area contributed by atoms with E-state index < -0.39 is 0 Å². The zero-order chi connectivity index (χ0) is 15.4. The first kappa shape index (κ1) is 16.1. The van der Waals surface area contributed by atoms with E-state index in [2.05, 4.69) is 40.3 Å². The normalized spacial score (nSPS) is 10.5. The Hall–Kier alpha value is -1.26. The highest BCUT2D eigenvalue weighted by molar-refractivity contribution is 9.10. The monoisotopic (exact) mass is 363 g/mol. The van der Waals surface area contributed by atoms with E-state index in [0.29, 0.717) is 5.75 Å². The van der Waals surface area contributed by atoms with Crippen molar-refractivity contribution in [1.29, 1.82) is 0 Å². The van der Waals surface area contributed by atoms with Crippen LogP contribution in [0.5, 0.6) is 0 Å². The van der Waals surface area contributed by atoms with Crippen molar-refractivity contribution in [2.75, 3.05) is 11.1 Å². The molecule has 0 spiro atoms. The van der Waals surface area contributed by atoms with Gasteiger partial charge in [-0.2, -0.15) is 0 Å². The molecule has 0 saturated carbocycles. The number of amides is 1. The molecule has 0 radical (unpaired) electrons. The van der Waals surface area contributed by atoms with Gasteiger partial charge in [-0.15, -0.1) is 11.8 Å². The molecule has 0 saturated heterocycles. The summed E-state index contributed by atoms with van der Waals surface area (Å²) < 4.78 is 1.06. The fourth-order valence-electron chi connectivity index (χ4n) is 1.89. The third kappa shape index (κ3) is 4.35. The molecule has 0 aliphatic rings. The summed E-state index contributed by atoms with van der Waals surface area (Å²) in [5.74, 6) is 0.433. The van der Waals surface area contributed by atoms with Crippen LogP contribution in [-0.2, 0) is 4.79 Å². The summed E-state index contributed by atoms with van der Waals surface area (Å²) in [6.07, 6.45) is 0. The van der Waals surface area contributed by atoms with Gasteiger partial charge in [0.2, 0.25) is 5.91 Å². The number of hydrogen-bond acceptors (Lipinski definition) is 2. The summed E-state index contributed by atoms with van der Waals surface area (Å²) >= 11 is 5.05. The molecule has 110 valence electrons. The number of anilines is 1. The maximum Gasteiger partial charge on any atom is 0.234 e. The Labute approximate surface area is 138 Å². The van der Waals surface area contributed by atoms with Crippen LogP contribution in [0.25, 0.3) is 0 Å². The Balaban J connectivity index is 1.96. The molecule has 2 aromatic carbocycles. The van der Waals surface area contributed by atoms with Crippen LogP contribution in [-0.4, -0.2) is 11.7 Å². The lowest BCUT2D eigenvalue weighted by molar-refractivity contribution is -0.113. The molecule has 2 rings (SSSR count). The minimum atomic E-state index is 0.0189. The van der Waals surface area contributed by atoms with Crippen LogP contribution in [0.1, 0.15) is 16.7 Å². The van der Waals surface area contributed by atoms with E-state index >= 15 is 0 Å². The van der Waals surface area contributed by atoms with E-state index in [0.717, 1.165) is 26.2 Å². The summed E-state index contributed by atoms with van der Waals surface area (Å²) in [4.78, 5) is 13.2. The van der Waals surface area contributed by atoms with Gasteiger partial charge in [0.05, 0.1) is 5.75 Å². The summed E-state index contributed by atoms with van der Waals surface area (Å²) in [7, 11) is 0. The molecule has 0 unspecified atom stereocenters. The quantitative estimate of drug-likeness (QED) is 0.765. The third-order valence-electron chi connectivity index (χ3n) is 3.39. The van der Waals surface area contributed by atoms with Crippen molar-refractivity contribution in [3.63, 3.8) is 0 Å². The zero-order valence-electron chi connectivity index (χ0n) is 12.4. The summed E-state index contributed by atoms with van der Waals surface area (Å²) in [6, 6.07) is 12.1. The predicted molar refractivity (Wildman–Crippen MR) is 94.1 cm³/mol. The Kier molecular flexibility index (Phi) is 5.48. The molecule has 0 aromatic heterocycles. The van der Waals surface area contributed by atoms with Crippen LogP contribution >= 0.6 is 27.7 Å². The number of halogens is 1. The molecule has 2 nitrogen and oxygen atoms in total. The number of carbonyl (C=O) groups is 1. The highest BCUT2D eigenvalue weighted by atomic mass is 79.9. The summed E-state index contributed by atoms with van der Waals surface area (Å²) in [5.41, 5.74) is 4.35. The molecule has 0 heterocycles. The van der Waals surface area contributed by atoms with Crippen LogP contribution in [0.2, 0.25) is 0 Å². The number of thioether (sulfide) groups is 1. The van der Waals surface area contributed by atoms with Crippen molar-refractivity contribution in [3.8, 4) is 0 Å². The van der Waals surface area contributed by atoms with E-state index in [9.17, 15) is 4.79 Å². The van der Waals surface area contributed by atoms with E-state index in [4.69, 9.17) is 0 Å². The van der Waals surface area contributed by atoms with Crippen LogP contribution < -0.4 is 5.32 Å². The fourth-order valence-corrected chi connectivity index (χ4v) is 3.02. The van der Waals surface area contributed by atoms with Gasteiger partial charge in [-0.1, -0.05) is 33.6 Å². The van der Waals surface area contributed by atoms with Crippen molar-refractivity contribution in [1.82, 2.24) is 0 Å². The van der Waals surface area contributed by atoms with Gasteiger partial charge in [-0.3, -0.25) is 4.79 Å². The molecular weight excluding hydrogens is 346 g/mol. The number of nitrogens with one attached hydrogen (secondary N) is 1. The molecule has 0 aliphatic carbocycles. The first-order valence-corrected chi connectivity index (χ1v) is 8.50. The van der Waals surface area contributed by atoms with Crippen LogP contribution in [0.4, 0.5) is 5.69 Å². The largest absolute Gasteiger partial charge is 0.325 e. The maximum absolute atomic E-state index is 12.1. The van der Waals surface area contributed by atoms with Gasteiger partial charge in [0, 0.05) is 15.1 Å². The molecule has 1 amide bonds. The second kappa shape index (κ2) is 7.14. The second-order valence-electron chi connectivity index (χ2n) is 4.99. The highest BCUT2D eigenvalue weighted by Crippen LogP contribution is 2.26. The van der Waals surface area contributed by atoms with Crippen LogP contribution in [0.3, 0.4) is 0 Å². The summed E-state index contributed by atoms with van der Waals surface area (Å²) in [5, 5.41) is 2.98. The molecule has 0 atom stereocenters. The van der Waals surface area contributed by atoms with Crippen molar-refractivity contribution < 1.29 is 4.79 Å². The predicted octanol–water partition coefficient (Wildman–Crippen LogP) is 5.11. The Morgan fingerprint density at radius 3 is 2.38 bits per heavy atom. The van der Waals surface area contributed by atoms with Crippen molar-refractivity contribution in [2.24, 2.45) is 0 Å². The lowest BCUT2D eigenvalue weighted by Crippen LogP contribution is -2.15. The average Bonchev–Trinajstić information content (AvgIpc) is 2.47. The Bertz CT molecular complexity index is 653. The first-order valence-electron chi connectivity index (χ1n) is 6.72. The molecule has 2 aromatic rings. The molecule has 21 heavy (non-hydrogen) atoms. The van der Waals surface area contributed by atoms with Gasteiger partial charge in [0.1, 0.15) is 0 Å². The van der Waals surface area contributed by atoms with Crippen LogP contribution in [0, 0.1) is 20.8 Å². The second-order valence-corrected chi connectivity index (χ2v) is 6.90. The van der Waals surface area contributed by atoms with Gasteiger partial charge in [-0.05, 0) is 56.2 Å². The number of hydrogen-bond donors (Lipinski definition) is 1. The highest BCUT2D eigenvalue weighted by Gasteiger charge is 2.08. The molecule has 1 N–H and O–H groups in total. The zero-order valence-corrected chi connectivity index (χ0v) is 14.8. The van der Waals surface area contributed by atoms with Gasteiger partial charge in [0.15, 0.2) is 0 Å². The Morgan fingerprint density at radius 1 is 1.05 bits per heavy atom. The minimum Gasteiger partial charge on any atom is -0.325 e. The topological polar surface area (TPSA) is 29.1 Å². The van der Waals surface area contributed by atoms with Crippen molar-refractivity contribution in [2.45, 2.75) is 25.7 Å². The molecular formula is C17H18BrNOS. The number of rotatable bonds is 4. The van der Waals surface area contributed by atoms with E-state index in [1.807, 2.05) is 38.1 Å². The van der Waals surface area contributed by atoms with E-state index in [1.165, 1.54) is 5.56 Å². The molecule has 4 heteroatoms. The first-order chi connectivity index (χ1) is 9.97. The van der Waals surface area contributed by atoms with E-state index in [-0.39, 0.29) is 5.91 Å². The van der Waals surface area contributed by atoms with Gasteiger partial charge >= 0.3 is 0 Å². The molecule has 0 fully saturated rings. The Morgan fingerprint density at radius 2 is 1.71 bits per heavy atom. The van der Waals surface area contributed by atoms with Crippen molar-refractivity contribution in [3.05, 3.63) is 57.6 Å². The van der Waals surface area contributed by atoms with Gasteiger partial charge < -0.3 is 5.32 Å². The lowest BCUT2D eigenvalue weighted by atomic mass is 10.1. The number of aryl methyl sites for hydroxylation is 1. The third-order valence-corrected chi connectivity index (χ3v) is 5.26. The molecule has 0 aliphatic heterocycles. The minimum absolute atomic E-state index is 0.0189. The standard InChI is InChI=1S/C17H18BrNOS/c1-11-4-6-14(7-5-11)21-10-17(20)19-16-9-8-15(18)12(2)13(16)3/h4-9H,10H2,1-3H3,(H,19,20). The maximum atomic E-state index is 12.1. The van der Waals surface area contributed by atoms with Gasteiger partial charge in [0.25, 0.3) is 0 Å². The average molecular weight is 364 g/mol. The smallest absolute Gasteiger partial charge is 0.234 e. The van der Waals surface area contributed by atoms with Crippen molar-refractivity contribution >= 4 is 39.3 Å². The lowest BCUT2D eigenvalue weighted by Gasteiger charge is -2.11. The number of benzene rings is 2. The van der Waals surface area contributed by atoms with E-state index in [1.54, 1.807) is 11.8 Å².